The second-order valence-electron chi connectivity index (χ2n) is 6.23. The number of methoxy groups -OCH3 is 1. The fraction of sp³-hybridized carbons (Fsp3) is 0.250. The van der Waals surface area contributed by atoms with E-state index in [9.17, 15) is 9.90 Å². The molecule has 0 saturated heterocycles. The van der Waals surface area contributed by atoms with Crippen LogP contribution in [-0.2, 0) is 0 Å². The van der Waals surface area contributed by atoms with E-state index in [1.807, 2.05) is 26.0 Å². The maximum Gasteiger partial charge on any atom is 0.267 e. The summed E-state index contributed by atoms with van der Waals surface area (Å²) in [6.07, 6.45) is -0.775. The van der Waals surface area contributed by atoms with Crippen LogP contribution in [0.4, 0.5) is 0 Å². The number of aryl methyl sites for hydroxylation is 2. The lowest BCUT2D eigenvalue weighted by molar-refractivity contribution is 0.0912. The lowest BCUT2D eigenvalue weighted by Gasteiger charge is -2.12. The average Bonchev–Trinajstić information content (AvgIpc) is 3.04. The van der Waals surface area contributed by atoms with E-state index in [2.05, 4.69) is 16.4 Å². The van der Waals surface area contributed by atoms with Gasteiger partial charge >= 0.3 is 0 Å². The predicted molar refractivity (Wildman–Crippen MR) is 98.1 cm³/mol. The van der Waals surface area contributed by atoms with Crippen LogP contribution in [0.25, 0.3) is 10.9 Å². The van der Waals surface area contributed by atoms with Crippen molar-refractivity contribution in [1.29, 1.82) is 0 Å². The topological polar surface area (TPSA) is 74.3 Å². The number of amides is 1. The summed E-state index contributed by atoms with van der Waals surface area (Å²) in [5.74, 6) is 0.490. The summed E-state index contributed by atoms with van der Waals surface area (Å²) in [5, 5.41) is 14.0. The van der Waals surface area contributed by atoms with Crippen LogP contribution in [0.1, 0.15) is 33.3 Å². The predicted octanol–water partition coefficient (Wildman–Crippen LogP) is 3.26. The second-order valence-corrected chi connectivity index (χ2v) is 6.23. The first-order chi connectivity index (χ1) is 12.0. The Bertz CT molecular complexity index is 897. The zero-order valence-electron chi connectivity index (χ0n) is 14.6. The number of aliphatic hydroxyl groups is 1. The molecule has 2 aromatic carbocycles. The summed E-state index contributed by atoms with van der Waals surface area (Å²) in [6, 6.07) is 13.1. The number of carbonyl (C=O) groups excluding carboxylic acids is 1. The number of carbonyl (C=O) groups is 1. The number of benzene rings is 2. The third kappa shape index (κ3) is 3.67. The van der Waals surface area contributed by atoms with Gasteiger partial charge in [-0.1, -0.05) is 18.2 Å². The van der Waals surface area contributed by atoms with E-state index >= 15 is 0 Å². The molecular weight excluding hydrogens is 316 g/mol. The number of aliphatic hydroxyl groups excluding tert-OH is 1. The lowest BCUT2D eigenvalue weighted by Crippen LogP contribution is -2.28. The van der Waals surface area contributed by atoms with Crippen LogP contribution in [0.3, 0.4) is 0 Å². The van der Waals surface area contributed by atoms with Gasteiger partial charge in [0.1, 0.15) is 11.4 Å². The molecule has 0 saturated carbocycles. The number of nitrogens with one attached hydrogen (secondary N) is 2. The van der Waals surface area contributed by atoms with Crippen LogP contribution in [0.15, 0.2) is 42.5 Å². The number of H-pyrrole nitrogens is 1. The Morgan fingerprint density at radius 3 is 2.60 bits per heavy atom. The Kier molecular flexibility index (Phi) is 4.76. The van der Waals surface area contributed by atoms with Crippen molar-refractivity contribution in [2.45, 2.75) is 20.0 Å². The molecule has 0 aliphatic rings. The van der Waals surface area contributed by atoms with Gasteiger partial charge in [-0.05, 0) is 54.8 Å². The highest BCUT2D eigenvalue weighted by atomic mass is 16.5. The highest BCUT2D eigenvalue weighted by Gasteiger charge is 2.14. The molecule has 130 valence electrons. The van der Waals surface area contributed by atoms with Crippen molar-refractivity contribution in [3.8, 4) is 5.75 Å². The molecule has 3 aromatic rings. The zero-order chi connectivity index (χ0) is 18.0. The number of aromatic nitrogens is 1. The Hall–Kier alpha value is -2.79. The summed E-state index contributed by atoms with van der Waals surface area (Å²) in [6.45, 7) is 4.19. The van der Waals surface area contributed by atoms with Gasteiger partial charge in [0.15, 0.2) is 0 Å². The van der Waals surface area contributed by atoms with E-state index in [1.165, 1.54) is 0 Å². The fourth-order valence-electron chi connectivity index (χ4n) is 2.95. The minimum atomic E-state index is -0.775. The fourth-order valence-corrected chi connectivity index (χ4v) is 2.95. The van der Waals surface area contributed by atoms with Crippen molar-refractivity contribution in [2.75, 3.05) is 13.7 Å². The van der Waals surface area contributed by atoms with Gasteiger partial charge in [-0.2, -0.15) is 0 Å². The summed E-state index contributed by atoms with van der Waals surface area (Å²) < 4.78 is 5.10. The normalized spacial score (nSPS) is 12.2. The molecule has 1 amide bonds. The molecule has 0 aliphatic carbocycles. The number of hydrogen-bond donors (Lipinski definition) is 3. The molecule has 0 spiro atoms. The molecule has 0 bridgehead atoms. The first kappa shape index (κ1) is 17.0. The summed E-state index contributed by atoms with van der Waals surface area (Å²) in [4.78, 5) is 15.5. The van der Waals surface area contributed by atoms with Crippen LogP contribution in [0, 0.1) is 13.8 Å². The third-order valence-electron chi connectivity index (χ3n) is 4.29. The van der Waals surface area contributed by atoms with Gasteiger partial charge in [0, 0.05) is 17.4 Å². The lowest BCUT2D eigenvalue weighted by atomic mass is 10.1. The van der Waals surface area contributed by atoms with E-state index in [0.717, 1.165) is 33.3 Å². The first-order valence-electron chi connectivity index (χ1n) is 8.18. The molecule has 5 heteroatoms. The molecule has 5 nitrogen and oxygen atoms in total. The largest absolute Gasteiger partial charge is 0.497 e. The molecule has 1 atom stereocenters. The molecule has 0 fully saturated rings. The number of rotatable bonds is 5. The van der Waals surface area contributed by atoms with Gasteiger partial charge in [-0.25, -0.2) is 0 Å². The van der Waals surface area contributed by atoms with E-state index in [0.29, 0.717) is 5.69 Å². The maximum absolute atomic E-state index is 12.4. The number of hydrogen-bond acceptors (Lipinski definition) is 3. The summed E-state index contributed by atoms with van der Waals surface area (Å²) >= 11 is 0. The Morgan fingerprint density at radius 2 is 1.92 bits per heavy atom. The smallest absolute Gasteiger partial charge is 0.267 e. The van der Waals surface area contributed by atoms with Crippen LogP contribution < -0.4 is 10.1 Å². The standard InChI is InChI=1S/C20H22N2O3/c1-12-8-13(2)16-10-18(22-17(16)9-12)20(24)21-11-19(23)14-4-6-15(25-3)7-5-14/h4-10,19,22-23H,11H2,1-3H3,(H,21,24). The van der Waals surface area contributed by atoms with Crippen molar-refractivity contribution >= 4 is 16.8 Å². The third-order valence-corrected chi connectivity index (χ3v) is 4.29. The molecule has 1 heterocycles. The number of aromatic amines is 1. The van der Waals surface area contributed by atoms with Crippen molar-refractivity contribution in [1.82, 2.24) is 10.3 Å². The molecule has 3 N–H and O–H groups in total. The highest BCUT2D eigenvalue weighted by molar-refractivity contribution is 5.99. The van der Waals surface area contributed by atoms with Crippen LogP contribution in [0.2, 0.25) is 0 Å². The minimum absolute atomic E-state index is 0.137. The van der Waals surface area contributed by atoms with Gasteiger partial charge in [-0.3, -0.25) is 4.79 Å². The van der Waals surface area contributed by atoms with Gasteiger partial charge in [0.2, 0.25) is 0 Å². The molecule has 0 aliphatic heterocycles. The maximum atomic E-state index is 12.4. The van der Waals surface area contributed by atoms with E-state index in [4.69, 9.17) is 4.74 Å². The molecule has 0 radical (unpaired) electrons. The van der Waals surface area contributed by atoms with Crippen molar-refractivity contribution < 1.29 is 14.6 Å². The first-order valence-corrected chi connectivity index (χ1v) is 8.18. The van der Waals surface area contributed by atoms with Gasteiger partial charge in [-0.15, -0.1) is 0 Å². The molecule has 1 unspecified atom stereocenters. The quantitative estimate of drug-likeness (QED) is 0.668. The van der Waals surface area contributed by atoms with Gasteiger partial charge in [0.05, 0.1) is 13.2 Å². The van der Waals surface area contributed by atoms with Gasteiger partial charge < -0.3 is 20.1 Å². The molecule has 25 heavy (non-hydrogen) atoms. The molecular formula is C20H22N2O3. The second kappa shape index (κ2) is 6.99. The average molecular weight is 338 g/mol. The van der Waals surface area contributed by atoms with Crippen molar-refractivity contribution in [2.24, 2.45) is 0 Å². The highest BCUT2D eigenvalue weighted by Crippen LogP contribution is 2.22. The minimum Gasteiger partial charge on any atom is -0.497 e. The van der Waals surface area contributed by atoms with Crippen LogP contribution in [-0.4, -0.2) is 29.7 Å². The van der Waals surface area contributed by atoms with E-state index in [1.54, 1.807) is 31.4 Å². The molecule has 1 aromatic heterocycles. The summed E-state index contributed by atoms with van der Waals surface area (Å²) in [7, 11) is 1.59. The number of fused-ring (bicyclic) bond motifs is 1. The zero-order valence-corrected chi connectivity index (χ0v) is 14.6. The van der Waals surface area contributed by atoms with Crippen LogP contribution in [0.5, 0.6) is 5.75 Å². The number of ether oxygens (including phenoxy) is 1. The summed E-state index contributed by atoms with van der Waals surface area (Å²) in [5.41, 5.74) is 4.44. The van der Waals surface area contributed by atoms with Gasteiger partial charge in [0.25, 0.3) is 5.91 Å². The SMILES string of the molecule is COc1ccc(C(O)CNC(=O)c2cc3c(C)cc(C)cc3[nH]2)cc1. The monoisotopic (exact) mass is 338 g/mol. The molecule has 3 rings (SSSR count). The van der Waals surface area contributed by atoms with E-state index < -0.39 is 6.10 Å². The van der Waals surface area contributed by atoms with Crippen molar-refractivity contribution in [3.05, 3.63) is 64.8 Å². The Labute approximate surface area is 146 Å². The van der Waals surface area contributed by atoms with Crippen LogP contribution >= 0.6 is 0 Å². The van der Waals surface area contributed by atoms with Crippen molar-refractivity contribution in [3.63, 3.8) is 0 Å². The Morgan fingerprint density at radius 1 is 1.20 bits per heavy atom. The Balaban J connectivity index is 1.68. The van der Waals surface area contributed by atoms with E-state index in [-0.39, 0.29) is 12.5 Å².